The fraction of sp³-hybridized carbons (Fsp3) is 0.182. The summed E-state index contributed by atoms with van der Waals surface area (Å²) in [5.74, 6) is -0.395. The molecule has 1 aromatic heterocycles. The number of aromatic nitrogens is 2. The van der Waals surface area contributed by atoms with E-state index in [1.165, 1.54) is 11.9 Å². The van der Waals surface area contributed by atoms with E-state index in [4.69, 9.17) is 0 Å². The molecule has 1 saturated heterocycles. The molecule has 1 aliphatic heterocycles. The number of hydrogen-bond acceptors (Lipinski definition) is 4. The van der Waals surface area contributed by atoms with Gasteiger partial charge < -0.3 is 10.2 Å². The van der Waals surface area contributed by atoms with Gasteiger partial charge in [0.25, 0.3) is 5.91 Å². The van der Waals surface area contributed by atoms with E-state index in [9.17, 15) is 14.4 Å². The number of rotatable bonds is 5. The van der Waals surface area contributed by atoms with Crippen LogP contribution in [0, 0.1) is 6.92 Å². The molecule has 8 heteroatoms. The van der Waals surface area contributed by atoms with Gasteiger partial charge in [-0.3, -0.25) is 14.5 Å². The maximum absolute atomic E-state index is 12.8. The molecule has 0 spiro atoms. The topological polar surface area (TPSA) is 87.5 Å². The van der Waals surface area contributed by atoms with Crippen LogP contribution in [-0.4, -0.2) is 57.6 Å². The molecule has 4 rings (SSSR count). The van der Waals surface area contributed by atoms with Crippen molar-refractivity contribution in [2.75, 3.05) is 25.5 Å². The number of nitrogens with one attached hydrogen (secondary N) is 1. The minimum atomic E-state index is -0.481. The highest BCUT2D eigenvalue weighted by molar-refractivity contribution is 6.06. The van der Waals surface area contributed by atoms with Crippen molar-refractivity contribution in [2.24, 2.45) is 0 Å². The molecule has 1 N–H and O–H groups in total. The lowest BCUT2D eigenvalue weighted by molar-refractivity contribution is -0.129. The average Bonchev–Trinajstić information content (AvgIpc) is 3.25. The van der Waals surface area contributed by atoms with Gasteiger partial charge in [-0.25, -0.2) is 9.48 Å². The summed E-state index contributed by atoms with van der Waals surface area (Å²) in [6.07, 6.45) is 1.69. The zero-order valence-corrected chi connectivity index (χ0v) is 16.7. The van der Waals surface area contributed by atoms with Crippen LogP contribution in [-0.2, 0) is 9.59 Å². The molecule has 0 atom stereocenters. The summed E-state index contributed by atoms with van der Waals surface area (Å²) < 4.78 is 1.64. The molecule has 0 bridgehead atoms. The zero-order valence-electron chi connectivity index (χ0n) is 16.7. The van der Waals surface area contributed by atoms with Crippen molar-refractivity contribution in [3.8, 4) is 16.8 Å². The SMILES string of the molecule is Cc1ccc(-n2ncc(-c3ccccc3)c2NC(=O)CN2C(=O)CN(C)C2=O)cc1. The lowest BCUT2D eigenvalue weighted by Gasteiger charge is -2.15. The Morgan fingerprint density at radius 1 is 1.07 bits per heavy atom. The van der Waals surface area contributed by atoms with Crippen molar-refractivity contribution in [1.29, 1.82) is 0 Å². The van der Waals surface area contributed by atoms with Crippen molar-refractivity contribution in [3.05, 3.63) is 66.4 Å². The van der Waals surface area contributed by atoms with Crippen LogP contribution in [0.5, 0.6) is 0 Å². The summed E-state index contributed by atoms with van der Waals surface area (Å²) in [6, 6.07) is 16.8. The van der Waals surface area contributed by atoms with Gasteiger partial charge in [0, 0.05) is 12.6 Å². The molecule has 0 radical (unpaired) electrons. The normalized spacial score (nSPS) is 13.8. The lowest BCUT2D eigenvalue weighted by atomic mass is 10.1. The van der Waals surface area contributed by atoms with E-state index < -0.39 is 17.8 Å². The molecule has 1 fully saturated rings. The van der Waals surface area contributed by atoms with Gasteiger partial charge in [-0.05, 0) is 24.6 Å². The minimum absolute atomic E-state index is 0.0251. The second-order valence-electron chi connectivity index (χ2n) is 7.19. The fourth-order valence-electron chi connectivity index (χ4n) is 3.32. The molecule has 30 heavy (non-hydrogen) atoms. The standard InChI is InChI=1S/C22H21N5O3/c1-15-8-10-17(11-9-15)27-21(18(12-23-27)16-6-4-3-5-7-16)24-19(28)13-26-20(29)14-25(2)22(26)30/h3-12H,13-14H2,1-2H3,(H,24,28). The van der Waals surface area contributed by atoms with Gasteiger partial charge in [0.05, 0.1) is 11.9 Å². The number of hydrogen-bond donors (Lipinski definition) is 1. The summed E-state index contributed by atoms with van der Waals surface area (Å²) in [5.41, 5.74) is 3.51. The third kappa shape index (κ3) is 3.67. The number of urea groups is 1. The van der Waals surface area contributed by atoms with Gasteiger partial charge >= 0.3 is 6.03 Å². The number of imide groups is 1. The maximum atomic E-state index is 12.8. The molecule has 2 aromatic carbocycles. The smallest absolute Gasteiger partial charge is 0.318 e. The van der Waals surface area contributed by atoms with Crippen LogP contribution in [0.4, 0.5) is 10.6 Å². The van der Waals surface area contributed by atoms with Gasteiger partial charge in [0.2, 0.25) is 5.91 Å². The number of amides is 4. The van der Waals surface area contributed by atoms with Crippen LogP contribution in [0.1, 0.15) is 5.56 Å². The van der Waals surface area contributed by atoms with E-state index in [0.717, 1.165) is 27.3 Å². The number of benzene rings is 2. The largest absolute Gasteiger partial charge is 0.327 e. The highest BCUT2D eigenvalue weighted by Crippen LogP contribution is 2.30. The van der Waals surface area contributed by atoms with E-state index in [1.807, 2.05) is 61.5 Å². The van der Waals surface area contributed by atoms with Crippen LogP contribution < -0.4 is 5.32 Å². The van der Waals surface area contributed by atoms with Crippen molar-refractivity contribution in [3.63, 3.8) is 0 Å². The Labute approximate surface area is 173 Å². The van der Waals surface area contributed by atoms with E-state index in [1.54, 1.807) is 10.9 Å². The summed E-state index contributed by atoms with van der Waals surface area (Å²) in [6.45, 7) is 1.62. The zero-order chi connectivity index (χ0) is 21.3. The number of carbonyl (C=O) groups excluding carboxylic acids is 3. The average molecular weight is 403 g/mol. The number of likely N-dealkylation sites (N-methyl/N-ethyl adjacent to an activating group) is 1. The van der Waals surface area contributed by atoms with Crippen LogP contribution >= 0.6 is 0 Å². The Morgan fingerprint density at radius 2 is 1.77 bits per heavy atom. The molecular weight excluding hydrogens is 382 g/mol. The third-order valence-corrected chi connectivity index (χ3v) is 4.92. The molecule has 1 aliphatic rings. The van der Waals surface area contributed by atoms with E-state index in [-0.39, 0.29) is 13.1 Å². The molecule has 152 valence electrons. The van der Waals surface area contributed by atoms with Crippen LogP contribution in [0.15, 0.2) is 60.8 Å². The second-order valence-corrected chi connectivity index (χ2v) is 7.19. The van der Waals surface area contributed by atoms with Gasteiger partial charge in [0.15, 0.2) is 0 Å². The molecule has 0 saturated carbocycles. The minimum Gasteiger partial charge on any atom is -0.318 e. The first kappa shape index (κ1) is 19.4. The lowest BCUT2D eigenvalue weighted by Crippen LogP contribution is -2.38. The van der Waals surface area contributed by atoms with Gasteiger partial charge in [0.1, 0.15) is 18.9 Å². The molecule has 2 heterocycles. The van der Waals surface area contributed by atoms with E-state index in [2.05, 4.69) is 10.4 Å². The van der Waals surface area contributed by atoms with Crippen molar-refractivity contribution in [1.82, 2.24) is 19.6 Å². The predicted octanol–water partition coefficient (Wildman–Crippen LogP) is 2.68. The van der Waals surface area contributed by atoms with Crippen molar-refractivity contribution < 1.29 is 14.4 Å². The van der Waals surface area contributed by atoms with Crippen LogP contribution in [0.3, 0.4) is 0 Å². The summed E-state index contributed by atoms with van der Waals surface area (Å²) in [7, 11) is 1.53. The molecule has 8 nitrogen and oxygen atoms in total. The quantitative estimate of drug-likeness (QED) is 0.664. The Hall–Kier alpha value is -3.94. The van der Waals surface area contributed by atoms with Gasteiger partial charge in [-0.2, -0.15) is 5.10 Å². The number of carbonyl (C=O) groups is 3. The first-order valence-corrected chi connectivity index (χ1v) is 9.50. The molecule has 0 aliphatic carbocycles. The summed E-state index contributed by atoms with van der Waals surface area (Å²) in [5, 5.41) is 7.32. The second kappa shape index (κ2) is 7.82. The first-order chi connectivity index (χ1) is 14.4. The Morgan fingerprint density at radius 3 is 2.40 bits per heavy atom. The monoisotopic (exact) mass is 403 g/mol. The predicted molar refractivity (Wildman–Crippen MR) is 112 cm³/mol. The Balaban J connectivity index is 1.67. The number of nitrogens with zero attached hydrogens (tertiary/aromatic N) is 4. The van der Waals surface area contributed by atoms with Crippen LogP contribution in [0.2, 0.25) is 0 Å². The molecular formula is C22H21N5O3. The van der Waals surface area contributed by atoms with Crippen LogP contribution in [0.25, 0.3) is 16.8 Å². The molecule has 4 amide bonds. The summed E-state index contributed by atoms with van der Waals surface area (Å²) in [4.78, 5) is 39.1. The Bertz CT molecular complexity index is 1110. The number of anilines is 1. The first-order valence-electron chi connectivity index (χ1n) is 9.50. The van der Waals surface area contributed by atoms with Crippen molar-refractivity contribution >= 4 is 23.7 Å². The third-order valence-electron chi connectivity index (χ3n) is 4.92. The van der Waals surface area contributed by atoms with E-state index >= 15 is 0 Å². The summed E-state index contributed by atoms with van der Waals surface area (Å²) >= 11 is 0. The molecule has 0 unspecified atom stereocenters. The van der Waals surface area contributed by atoms with Gasteiger partial charge in [-0.15, -0.1) is 0 Å². The Kier molecular flexibility index (Phi) is 5.05. The maximum Gasteiger partial charge on any atom is 0.327 e. The van der Waals surface area contributed by atoms with E-state index in [0.29, 0.717) is 5.82 Å². The highest BCUT2D eigenvalue weighted by atomic mass is 16.2. The van der Waals surface area contributed by atoms with Crippen molar-refractivity contribution in [2.45, 2.75) is 6.92 Å². The molecule has 3 aromatic rings. The fourth-order valence-corrected chi connectivity index (χ4v) is 3.32. The number of aryl methyl sites for hydroxylation is 1. The van der Waals surface area contributed by atoms with Gasteiger partial charge in [-0.1, -0.05) is 48.0 Å². The highest BCUT2D eigenvalue weighted by Gasteiger charge is 2.35.